The van der Waals surface area contributed by atoms with Crippen molar-refractivity contribution in [2.75, 3.05) is 26.7 Å². The Balaban J connectivity index is 1.72. The highest BCUT2D eigenvalue weighted by atomic mass is 32.2. The van der Waals surface area contributed by atoms with Crippen molar-refractivity contribution in [3.8, 4) is 5.75 Å². The molecule has 0 amide bonds. The summed E-state index contributed by atoms with van der Waals surface area (Å²) in [5.74, 6) is 0.264. The van der Waals surface area contributed by atoms with Crippen molar-refractivity contribution in [3.05, 3.63) is 60.4 Å². The van der Waals surface area contributed by atoms with Gasteiger partial charge in [0.15, 0.2) is 17.5 Å². The molecule has 0 aromatic heterocycles. The van der Waals surface area contributed by atoms with Crippen LogP contribution in [0.3, 0.4) is 0 Å². The van der Waals surface area contributed by atoms with Crippen molar-refractivity contribution in [2.45, 2.75) is 17.9 Å². The van der Waals surface area contributed by atoms with Gasteiger partial charge in [-0.25, -0.2) is 17.5 Å². The summed E-state index contributed by atoms with van der Waals surface area (Å²) in [6.07, 6.45) is -0.299. The SMILES string of the molecule is CN=C(NCCNS(=O)(=O)c1ccccc1)NCC(C)Oc1ccccc1F. The Kier molecular flexibility index (Phi) is 8.21. The van der Waals surface area contributed by atoms with Gasteiger partial charge in [-0.15, -0.1) is 0 Å². The second kappa shape index (κ2) is 10.6. The van der Waals surface area contributed by atoms with E-state index >= 15 is 0 Å². The van der Waals surface area contributed by atoms with Crippen LogP contribution in [0.2, 0.25) is 0 Å². The van der Waals surface area contributed by atoms with E-state index in [9.17, 15) is 12.8 Å². The van der Waals surface area contributed by atoms with Crippen LogP contribution in [0.5, 0.6) is 5.75 Å². The van der Waals surface area contributed by atoms with Crippen LogP contribution in [0.1, 0.15) is 6.92 Å². The highest BCUT2D eigenvalue weighted by molar-refractivity contribution is 7.89. The molecule has 2 rings (SSSR count). The monoisotopic (exact) mass is 408 g/mol. The molecule has 3 N–H and O–H groups in total. The van der Waals surface area contributed by atoms with E-state index in [4.69, 9.17) is 4.74 Å². The van der Waals surface area contributed by atoms with E-state index in [1.54, 1.807) is 50.4 Å². The maximum absolute atomic E-state index is 13.6. The quantitative estimate of drug-likeness (QED) is 0.334. The summed E-state index contributed by atoms with van der Waals surface area (Å²) >= 11 is 0. The zero-order chi connectivity index (χ0) is 20.4. The van der Waals surface area contributed by atoms with E-state index < -0.39 is 15.8 Å². The number of halogens is 1. The highest BCUT2D eigenvalue weighted by Gasteiger charge is 2.12. The van der Waals surface area contributed by atoms with Crippen molar-refractivity contribution in [2.24, 2.45) is 4.99 Å². The number of rotatable bonds is 9. The molecule has 1 unspecified atom stereocenters. The predicted molar refractivity (Wildman–Crippen MR) is 107 cm³/mol. The third kappa shape index (κ3) is 6.82. The highest BCUT2D eigenvalue weighted by Crippen LogP contribution is 2.16. The van der Waals surface area contributed by atoms with Crippen LogP contribution >= 0.6 is 0 Å². The second-order valence-electron chi connectivity index (χ2n) is 5.95. The van der Waals surface area contributed by atoms with E-state index in [0.29, 0.717) is 19.0 Å². The predicted octanol–water partition coefficient (Wildman–Crippen LogP) is 1.74. The number of para-hydroxylation sites is 1. The number of sulfonamides is 1. The molecule has 0 spiro atoms. The molecule has 28 heavy (non-hydrogen) atoms. The fraction of sp³-hybridized carbons (Fsp3) is 0.316. The fourth-order valence-electron chi connectivity index (χ4n) is 2.31. The number of hydrogen-bond donors (Lipinski definition) is 3. The Hall–Kier alpha value is -2.65. The summed E-state index contributed by atoms with van der Waals surface area (Å²) in [6, 6.07) is 14.4. The van der Waals surface area contributed by atoms with Crippen LogP contribution in [0.15, 0.2) is 64.5 Å². The molecular weight excluding hydrogens is 383 g/mol. The third-order valence-corrected chi connectivity index (χ3v) is 5.19. The number of nitrogens with one attached hydrogen (secondary N) is 3. The molecule has 2 aromatic rings. The van der Waals surface area contributed by atoms with Gasteiger partial charge in [0.2, 0.25) is 10.0 Å². The number of ether oxygens (including phenoxy) is 1. The molecule has 0 fully saturated rings. The first-order valence-corrected chi connectivity index (χ1v) is 10.3. The Morgan fingerprint density at radius 3 is 2.43 bits per heavy atom. The summed E-state index contributed by atoms with van der Waals surface area (Å²) in [4.78, 5) is 4.28. The van der Waals surface area contributed by atoms with E-state index in [-0.39, 0.29) is 23.3 Å². The van der Waals surface area contributed by atoms with Crippen LogP contribution in [-0.4, -0.2) is 47.2 Å². The van der Waals surface area contributed by atoms with Crippen LogP contribution in [0.4, 0.5) is 4.39 Å². The molecule has 0 radical (unpaired) electrons. The molecule has 0 aliphatic heterocycles. The van der Waals surface area contributed by atoms with Gasteiger partial charge in [0, 0.05) is 20.1 Å². The molecule has 0 saturated carbocycles. The van der Waals surface area contributed by atoms with Crippen LogP contribution < -0.4 is 20.1 Å². The smallest absolute Gasteiger partial charge is 0.240 e. The lowest BCUT2D eigenvalue weighted by molar-refractivity contribution is 0.214. The van der Waals surface area contributed by atoms with E-state index in [1.807, 2.05) is 0 Å². The fourth-order valence-corrected chi connectivity index (χ4v) is 3.36. The largest absolute Gasteiger partial charge is 0.486 e. The molecule has 0 bridgehead atoms. The van der Waals surface area contributed by atoms with Crippen molar-refractivity contribution >= 4 is 16.0 Å². The summed E-state index contributed by atoms with van der Waals surface area (Å²) in [6.45, 7) is 2.73. The zero-order valence-corrected chi connectivity index (χ0v) is 16.7. The third-order valence-electron chi connectivity index (χ3n) is 3.71. The van der Waals surface area contributed by atoms with Crippen molar-refractivity contribution < 1.29 is 17.5 Å². The molecule has 2 aromatic carbocycles. The van der Waals surface area contributed by atoms with Gasteiger partial charge in [0.25, 0.3) is 0 Å². The molecular formula is C19H25FN4O3S. The Morgan fingerprint density at radius 2 is 1.75 bits per heavy atom. The first-order valence-electron chi connectivity index (χ1n) is 8.83. The number of guanidine groups is 1. The minimum atomic E-state index is -3.54. The minimum Gasteiger partial charge on any atom is -0.486 e. The first-order chi connectivity index (χ1) is 13.4. The van der Waals surface area contributed by atoms with Gasteiger partial charge in [-0.1, -0.05) is 30.3 Å². The Morgan fingerprint density at radius 1 is 1.07 bits per heavy atom. The normalized spacial score (nSPS) is 13.0. The van der Waals surface area contributed by atoms with E-state index in [2.05, 4.69) is 20.3 Å². The summed E-state index contributed by atoms with van der Waals surface area (Å²) in [7, 11) is -1.93. The lowest BCUT2D eigenvalue weighted by Crippen LogP contribution is -2.44. The maximum Gasteiger partial charge on any atom is 0.240 e. The molecule has 9 heteroatoms. The Bertz CT molecular complexity index is 876. The molecule has 152 valence electrons. The van der Waals surface area contributed by atoms with Crippen LogP contribution in [-0.2, 0) is 10.0 Å². The van der Waals surface area contributed by atoms with Crippen molar-refractivity contribution in [3.63, 3.8) is 0 Å². The number of hydrogen-bond acceptors (Lipinski definition) is 4. The lowest BCUT2D eigenvalue weighted by atomic mass is 10.3. The summed E-state index contributed by atoms with van der Waals surface area (Å²) in [5, 5.41) is 6.06. The Labute approximate surface area is 165 Å². The second-order valence-corrected chi connectivity index (χ2v) is 7.72. The molecule has 7 nitrogen and oxygen atoms in total. The van der Waals surface area contributed by atoms with E-state index in [1.165, 1.54) is 18.2 Å². The van der Waals surface area contributed by atoms with Crippen LogP contribution in [0.25, 0.3) is 0 Å². The lowest BCUT2D eigenvalue weighted by Gasteiger charge is -2.18. The minimum absolute atomic E-state index is 0.190. The maximum atomic E-state index is 13.6. The van der Waals surface area contributed by atoms with Crippen molar-refractivity contribution in [1.82, 2.24) is 15.4 Å². The topological polar surface area (TPSA) is 91.8 Å². The number of benzene rings is 2. The summed E-state index contributed by atoms with van der Waals surface area (Å²) < 4.78 is 45.9. The average Bonchev–Trinajstić information content (AvgIpc) is 2.70. The number of aliphatic imine (C=N–C) groups is 1. The molecule has 0 aliphatic carbocycles. The van der Waals surface area contributed by atoms with Gasteiger partial charge >= 0.3 is 0 Å². The van der Waals surface area contributed by atoms with Gasteiger partial charge in [0.1, 0.15) is 6.10 Å². The molecule has 0 aliphatic rings. The number of nitrogens with zero attached hydrogens (tertiary/aromatic N) is 1. The summed E-state index contributed by atoms with van der Waals surface area (Å²) in [5.41, 5.74) is 0. The van der Waals surface area contributed by atoms with E-state index in [0.717, 1.165) is 0 Å². The standard InChI is InChI=1S/C19H25FN4O3S/c1-15(27-18-11-7-6-10-17(18)20)14-23-19(21-2)22-12-13-24-28(25,26)16-8-4-3-5-9-16/h3-11,15,24H,12-14H2,1-2H3,(H2,21,22,23). The zero-order valence-electron chi connectivity index (χ0n) is 15.9. The van der Waals surface area contributed by atoms with Gasteiger partial charge < -0.3 is 15.4 Å². The molecule has 0 heterocycles. The first kappa shape index (κ1) is 21.6. The van der Waals surface area contributed by atoms with Gasteiger partial charge in [-0.3, -0.25) is 4.99 Å². The molecule has 1 atom stereocenters. The van der Waals surface area contributed by atoms with Crippen LogP contribution in [0, 0.1) is 5.82 Å². The molecule has 0 saturated heterocycles. The van der Waals surface area contributed by atoms with Crippen molar-refractivity contribution in [1.29, 1.82) is 0 Å². The van der Waals surface area contributed by atoms with Gasteiger partial charge in [-0.2, -0.15) is 0 Å². The average molecular weight is 408 g/mol. The van der Waals surface area contributed by atoms with Gasteiger partial charge in [0.05, 0.1) is 11.4 Å². The van der Waals surface area contributed by atoms with Gasteiger partial charge in [-0.05, 0) is 31.2 Å².